The van der Waals surface area contributed by atoms with Crippen molar-refractivity contribution in [2.75, 3.05) is 18.0 Å². The number of piperidine rings is 1. The molecule has 1 aliphatic heterocycles. The summed E-state index contributed by atoms with van der Waals surface area (Å²) in [7, 11) is 1.78. The number of aliphatic hydroxyl groups excluding tert-OH is 1. The molecule has 2 N–H and O–H groups in total. The predicted molar refractivity (Wildman–Crippen MR) is 111 cm³/mol. The Hall–Kier alpha value is -3.41. The van der Waals surface area contributed by atoms with Gasteiger partial charge in [0.1, 0.15) is 23.3 Å². The average Bonchev–Trinajstić information content (AvgIpc) is 3.47. The summed E-state index contributed by atoms with van der Waals surface area (Å²) in [6, 6.07) is 5.23. The highest BCUT2D eigenvalue weighted by atomic mass is 19.4. The van der Waals surface area contributed by atoms with Crippen LogP contribution in [-0.4, -0.2) is 65.2 Å². The molecule has 0 amide bonds. The quantitative estimate of drug-likeness (QED) is 0.500. The van der Waals surface area contributed by atoms with Crippen molar-refractivity contribution in [3.05, 3.63) is 30.6 Å². The number of pyridine rings is 1. The molecule has 0 spiro atoms. The van der Waals surface area contributed by atoms with Gasteiger partial charge in [0.2, 0.25) is 0 Å². The number of hydrogen-bond acceptors (Lipinski definition) is 6. The van der Waals surface area contributed by atoms with Crippen LogP contribution >= 0.6 is 0 Å². The molecule has 0 unspecified atom stereocenters. The van der Waals surface area contributed by atoms with E-state index in [2.05, 4.69) is 20.4 Å². The summed E-state index contributed by atoms with van der Waals surface area (Å²) < 4.78 is 43.0. The second-order valence-electron chi connectivity index (χ2n) is 7.87. The van der Waals surface area contributed by atoms with Gasteiger partial charge in [-0.25, -0.2) is 4.98 Å². The molecule has 32 heavy (non-hydrogen) atoms. The zero-order valence-corrected chi connectivity index (χ0v) is 17.2. The van der Waals surface area contributed by atoms with Crippen LogP contribution < -0.4 is 4.90 Å². The van der Waals surface area contributed by atoms with Crippen molar-refractivity contribution in [2.45, 2.75) is 31.7 Å². The molecule has 0 atom stereocenters. The normalized spacial score (nSPS) is 15.7. The number of nitrogens with one attached hydrogen (secondary N) is 1. The van der Waals surface area contributed by atoms with Crippen LogP contribution in [-0.2, 0) is 13.6 Å². The first-order chi connectivity index (χ1) is 15.3. The summed E-state index contributed by atoms with van der Waals surface area (Å²) in [6.45, 7) is -0.211. The lowest BCUT2D eigenvalue weighted by Gasteiger charge is -2.32. The van der Waals surface area contributed by atoms with E-state index in [1.54, 1.807) is 36.1 Å². The van der Waals surface area contributed by atoms with E-state index in [0.717, 1.165) is 10.4 Å². The zero-order valence-electron chi connectivity index (χ0n) is 17.2. The lowest BCUT2D eigenvalue weighted by atomic mass is 10.1. The van der Waals surface area contributed by atoms with Gasteiger partial charge in [-0.15, -0.1) is 0 Å². The molecule has 4 aromatic heterocycles. The highest BCUT2D eigenvalue weighted by molar-refractivity contribution is 5.98. The van der Waals surface area contributed by atoms with Crippen molar-refractivity contribution in [1.29, 1.82) is 0 Å². The Morgan fingerprint density at radius 3 is 2.59 bits per heavy atom. The first-order valence-electron chi connectivity index (χ1n) is 10.2. The van der Waals surface area contributed by atoms with Gasteiger partial charge < -0.3 is 10.0 Å². The van der Waals surface area contributed by atoms with Gasteiger partial charge in [-0.1, -0.05) is 0 Å². The maximum absolute atomic E-state index is 13.4. The minimum Gasteiger partial charge on any atom is -0.393 e. The van der Waals surface area contributed by atoms with E-state index in [1.807, 2.05) is 4.90 Å². The van der Waals surface area contributed by atoms with Crippen LogP contribution in [0.15, 0.2) is 30.6 Å². The molecule has 5 rings (SSSR count). The number of aromatic amines is 1. The minimum atomic E-state index is -4.46. The molecule has 0 bridgehead atoms. The number of anilines is 1. The van der Waals surface area contributed by atoms with E-state index in [4.69, 9.17) is 4.98 Å². The van der Waals surface area contributed by atoms with Crippen LogP contribution in [0.1, 0.15) is 12.8 Å². The maximum atomic E-state index is 13.4. The minimum absolute atomic E-state index is 0.295. The maximum Gasteiger partial charge on any atom is 0.408 e. The molecular formula is C20H21F3N8O. The van der Waals surface area contributed by atoms with Crippen LogP contribution in [0.5, 0.6) is 0 Å². The van der Waals surface area contributed by atoms with Crippen molar-refractivity contribution >= 4 is 16.7 Å². The van der Waals surface area contributed by atoms with Gasteiger partial charge in [0.25, 0.3) is 0 Å². The van der Waals surface area contributed by atoms with E-state index in [1.165, 1.54) is 6.20 Å². The van der Waals surface area contributed by atoms with Crippen molar-refractivity contribution in [3.8, 4) is 22.8 Å². The number of nitrogens with zero attached hydrogens (tertiary/aromatic N) is 7. The monoisotopic (exact) mass is 446 g/mol. The Labute approximate surface area is 180 Å². The molecule has 0 saturated carbocycles. The number of fused-ring (bicyclic) bond motifs is 1. The van der Waals surface area contributed by atoms with Gasteiger partial charge in [-0.05, 0) is 31.0 Å². The Bertz CT molecular complexity index is 1240. The molecule has 1 saturated heterocycles. The number of H-pyrrole nitrogens is 1. The molecular weight excluding hydrogens is 425 g/mol. The second kappa shape index (κ2) is 7.62. The third kappa shape index (κ3) is 3.70. The molecule has 1 fully saturated rings. The number of alkyl halides is 3. The standard InChI is InChI=1S/C20H21F3N8O/c1-29-15(3-7-25-29)14-10-16(30-8-4-12(32)5-9-30)19-18(26-14)17(13-2-6-24-27-13)28-31(19)11-20(21,22)23/h2-3,6-7,10,12,32H,4-5,8-9,11H2,1H3,(H,24,27). The fraction of sp³-hybridized carbons (Fsp3) is 0.400. The molecule has 0 aromatic carbocycles. The highest BCUT2D eigenvalue weighted by Gasteiger charge is 2.33. The summed E-state index contributed by atoms with van der Waals surface area (Å²) in [5.74, 6) is 0. The number of halogens is 3. The van der Waals surface area contributed by atoms with Crippen molar-refractivity contribution in [2.24, 2.45) is 7.05 Å². The Balaban J connectivity index is 1.78. The smallest absolute Gasteiger partial charge is 0.393 e. The van der Waals surface area contributed by atoms with E-state index >= 15 is 0 Å². The molecule has 5 heterocycles. The third-order valence-corrected chi connectivity index (χ3v) is 5.65. The summed E-state index contributed by atoms with van der Waals surface area (Å²) >= 11 is 0. The van der Waals surface area contributed by atoms with Crippen LogP contribution in [0.3, 0.4) is 0 Å². The number of aliphatic hydroxyl groups is 1. The van der Waals surface area contributed by atoms with E-state index < -0.39 is 18.8 Å². The molecule has 168 valence electrons. The number of aromatic nitrogens is 7. The third-order valence-electron chi connectivity index (χ3n) is 5.65. The number of rotatable bonds is 4. The molecule has 4 aromatic rings. The van der Waals surface area contributed by atoms with Crippen LogP contribution in [0.25, 0.3) is 33.8 Å². The van der Waals surface area contributed by atoms with Gasteiger partial charge in [0.05, 0.1) is 28.9 Å². The van der Waals surface area contributed by atoms with Gasteiger partial charge in [-0.3, -0.25) is 14.5 Å². The number of hydrogen-bond donors (Lipinski definition) is 2. The fourth-order valence-corrected chi connectivity index (χ4v) is 4.12. The van der Waals surface area contributed by atoms with Crippen LogP contribution in [0, 0.1) is 0 Å². The fourth-order valence-electron chi connectivity index (χ4n) is 4.12. The number of aryl methyl sites for hydroxylation is 1. The van der Waals surface area contributed by atoms with Gasteiger partial charge in [-0.2, -0.15) is 28.5 Å². The Morgan fingerprint density at radius 2 is 1.97 bits per heavy atom. The molecule has 9 nitrogen and oxygen atoms in total. The zero-order chi connectivity index (χ0) is 22.5. The lowest BCUT2D eigenvalue weighted by Crippen LogP contribution is -2.36. The van der Waals surface area contributed by atoms with Gasteiger partial charge in [0, 0.05) is 32.5 Å². The van der Waals surface area contributed by atoms with Gasteiger partial charge >= 0.3 is 6.18 Å². The Kier molecular flexibility index (Phi) is 4.88. The molecule has 12 heteroatoms. The summed E-state index contributed by atoms with van der Waals surface area (Å²) in [6.07, 6.45) is -0.652. The highest BCUT2D eigenvalue weighted by Crippen LogP contribution is 2.37. The largest absolute Gasteiger partial charge is 0.408 e. The van der Waals surface area contributed by atoms with E-state index in [9.17, 15) is 18.3 Å². The summed E-state index contributed by atoms with van der Waals surface area (Å²) in [4.78, 5) is 6.71. The average molecular weight is 446 g/mol. The summed E-state index contributed by atoms with van der Waals surface area (Å²) in [5.41, 5.74) is 3.32. The molecule has 0 aliphatic carbocycles. The topological polar surface area (TPSA) is 101 Å². The van der Waals surface area contributed by atoms with Crippen LogP contribution in [0.4, 0.5) is 18.9 Å². The lowest BCUT2D eigenvalue weighted by molar-refractivity contribution is -0.141. The van der Waals surface area contributed by atoms with Crippen LogP contribution in [0.2, 0.25) is 0 Å². The van der Waals surface area contributed by atoms with Crippen molar-refractivity contribution < 1.29 is 18.3 Å². The Morgan fingerprint density at radius 1 is 1.19 bits per heavy atom. The second-order valence-corrected chi connectivity index (χ2v) is 7.87. The predicted octanol–water partition coefficient (Wildman–Crippen LogP) is 2.75. The summed E-state index contributed by atoms with van der Waals surface area (Å²) in [5, 5.41) is 25.1. The van der Waals surface area contributed by atoms with E-state index in [-0.39, 0.29) is 0 Å². The first kappa shape index (κ1) is 20.5. The molecule has 0 radical (unpaired) electrons. The van der Waals surface area contributed by atoms with Crippen molar-refractivity contribution in [1.82, 2.24) is 34.7 Å². The molecule has 1 aliphatic rings. The van der Waals surface area contributed by atoms with Crippen molar-refractivity contribution in [3.63, 3.8) is 0 Å². The van der Waals surface area contributed by atoms with E-state index in [0.29, 0.717) is 59.7 Å². The first-order valence-corrected chi connectivity index (χ1v) is 10.2. The SMILES string of the molecule is Cn1nccc1-c1cc(N2CCC(O)CC2)c2c(n1)c(-c1ccn[nH]1)nn2CC(F)(F)F. The van der Waals surface area contributed by atoms with Gasteiger partial charge in [0.15, 0.2) is 0 Å².